The molecule has 25 heavy (non-hydrogen) atoms. The molecule has 0 aliphatic carbocycles. The Labute approximate surface area is 148 Å². The lowest BCUT2D eigenvalue weighted by molar-refractivity contribution is -0.147. The first kappa shape index (κ1) is 18.6. The van der Waals surface area contributed by atoms with Crippen molar-refractivity contribution in [3.63, 3.8) is 0 Å². The Bertz CT molecular complexity index is 650. The van der Waals surface area contributed by atoms with Gasteiger partial charge in [-0.05, 0) is 31.5 Å². The molecule has 0 radical (unpaired) electrons. The first-order valence-corrected chi connectivity index (χ1v) is 8.40. The zero-order chi connectivity index (χ0) is 18.4. The average Bonchev–Trinajstić information content (AvgIpc) is 2.60. The zero-order valence-electron chi connectivity index (χ0n) is 14.7. The maximum absolute atomic E-state index is 12.4. The van der Waals surface area contributed by atoms with E-state index in [1.54, 1.807) is 0 Å². The summed E-state index contributed by atoms with van der Waals surface area (Å²) in [5, 5.41) is 5.35. The highest BCUT2D eigenvalue weighted by molar-refractivity contribution is 5.85. The van der Waals surface area contributed by atoms with E-state index in [0.717, 1.165) is 24.3 Å². The molecule has 2 atom stereocenters. The van der Waals surface area contributed by atoms with Crippen molar-refractivity contribution in [3.05, 3.63) is 54.8 Å². The summed E-state index contributed by atoms with van der Waals surface area (Å²) >= 11 is 0. The summed E-state index contributed by atoms with van der Waals surface area (Å²) < 4.78 is 5.17. The summed E-state index contributed by atoms with van der Waals surface area (Å²) in [4.78, 5) is 26.5. The zero-order valence-corrected chi connectivity index (χ0v) is 14.7. The summed E-state index contributed by atoms with van der Waals surface area (Å²) in [5.74, 6) is -1.15. The summed E-state index contributed by atoms with van der Waals surface area (Å²) in [6.07, 6.45) is 1.50. The molecule has 1 fully saturated rings. The number of rotatable bonds is 7. The second-order valence-electron chi connectivity index (χ2n) is 5.76. The molecular formula is C19H25N3O3. The Hall–Kier alpha value is -2.76. The number of nitrogens with one attached hydrogen (secondary N) is 2. The van der Waals surface area contributed by atoms with Gasteiger partial charge < -0.3 is 20.3 Å². The highest BCUT2D eigenvalue weighted by Gasteiger charge is 2.38. The number of carbonyl (C=O) groups excluding carboxylic acids is 2. The minimum Gasteiger partial charge on any atom is -0.461 e. The van der Waals surface area contributed by atoms with Crippen molar-refractivity contribution >= 4 is 17.7 Å². The van der Waals surface area contributed by atoms with Gasteiger partial charge in [0.25, 0.3) is 0 Å². The lowest BCUT2D eigenvalue weighted by atomic mass is 9.89. The third-order valence-electron chi connectivity index (χ3n) is 4.25. The predicted molar refractivity (Wildman–Crippen MR) is 98.2 cm³/mol. The van der Waals surface area contributed by atoms with Crippen LogP contribution >= 0.6 is 0 Å². The Morgan fingerprint density at radius 2 is 1.92 bits per heavy atom. The topological polar surface area (TPSA) is 70.7 Å². The number of anilines is 1. The third-order valence-corrected chi connectivity index (χ3v) is 4.25. The normalized spacial score (nSPS) is 19.6. The SMILES string of the molecule is C=CCOC(=O)[C@@H]1C(=C)NC(=O)N[C@H]1c1ccc(N(CC)CC)cc1. The van der Waals surface area contributed by atoms with E-state index in [1.807, 2.05) is 24.3 Å². The van der Waals surface area contributed by atoms with Crippen LogP contribution in [0, 0.1) is 5.92 Å². The maximum Gasteiger partial charge on any atom is 0.319 e. The van der Waals surface area contributed by atoms with E-state index in [-0.39, 0.29) is 12.6 Å². The predicted octanol–water partition coefficient (Wildman–Crippen LogP) is 2.75. The number of esters is 1. The standard InChI is InChI=1S/C19H25N3O3/c1-5-12-25-18(23)16-13(4)20-19(24)21-17(16)14-8-10-15(11-9-14)22(6-2)7-3/h5,8-11,16-17H,1,4,6-7,12H2,2-3H3,(H2,20,21,24)/t16-,17+/m1/s1. The molecule has 1 saturated heterocycles. The molecule has 0 unspecified atom stereocenters. The van der Waals surface area contributed by atoms with Crippen LogP contribution < -0.4 is 15.5 Å². The monoisotopic (exact) mass is 343 g/mol. The van der Waals surface area contributed by atoms with Crippen LogP contribution in [0.2, 0.25) is 0 Å². The van der Waals surface area contributed by atoms with Gasteiger partial charge in [-0.2, -0.15) is 0 Å². The van der Waals surface area contributed by atoms with Crippen molar-refractivity contribution in [1.29, 1.82) is 0 Å². The van der Waals surface area contributed by atoms with E-state index in [2.05, 4.69) is 42.5 Å². The van der Waals surface area contributed by atoms with Crippen LogP contribution in [0.5, 0.6) is 0 Å². The number of hydrogen-bond acceptors (Lipinski definition) is 4. The molecule has 0 saturated carbocycles. The minimum absolute atomic E-state index is 0.115. The largest absolute Gasteiger partial charge is 0.461 e. The molecular weight excluding hydrogens is 318 g/mol. The highest BCUT2D eigenvalue weighted by atomic mass is 16.5. The van der Waals surface area contributed by atoms with Gasteiger partial charge in [0.05, 0.1) is 6.04 Å². The number of amides is 2. The lowest BCUT2D eigenvalue weighted by Crippen LogP contribution is -2.51. The van der Waals surface area contributed by atoms with Gasteiger partial charge in [-0.15, -0.1) is 0 Å². The molecule has 6 heteroatoms. The lowest BCUT2D eigenvalue weighted by Gasteiger charge is -2.33. The molecule has 1 aromatic rings. The fourth-order valence-electron chi connectivity index (χ4n) is 2.95. The number of urea groups is 1. The van der Waals surface area contributed by atoms with Crippen molar-refractivity contribution in [1.82, 2.24) is 10.6 Å². The van der Waals surface area contributed by atoms with E-state index in [1.165, 1.54) is 6.08 Å². The van der Waals surface area contributed by atoms with Crippen molar-refractivity contribution in [2.24, 2.45) is 5.92 Å². The molecule has 6 nitrogen and oxygen atoms in total. The van der Waals surface area contributed by atoms with E-state index < -0.39 is 17.9 Å². The molecule has 2 amide bonds. The van der Waals surface area contributed by atoms with Crippen molar-refractivity contribution < 1.29 is 14.3 Å². The molecule has 134 valence electrons. The van der Waals surface area contributed by atoms with E-state index in [4.69, 9.17) is 4.74 Å². The summed E-state index contributed by atoms with van der Waals surface area (Å²) in [7, 11) is 0. The van der Waals surface area contributed by atoms with Crippen molar-refractivity contribution in [2.75, 3.05) is 24.6 Å². The summed E-state index contributed by atoms with van der Waals surface area (Å²) in [6, 6.07) is 6.92. The second kappa shape index (κ2) is 8.37. The Kier molecular flexibility index (Phi) is 6.22. The minimum atomic E-state index is -0.697. The summed E-state index contributed by atoms with van der Waals surface area (Å²) in [6.45, 7) is 13.5. The van der Waals surface area contributed by atoms with E-state index in [0.29, 0.717) is 5.70 Å². The fraction of sp³-hybridized carbons (Fsp3) is 0.368. The fourth-order valence-corrected chi connectivity index (χ4v) is 2.95. The molecule has 2 rings (SSSR count). The van der Waals surface area contributed by atoms with Gasteiger partial charge >= 0.3 is 12.0 Å². The van der Waals surface area contributed by atoms with Crippen LogP contribution in [-0.4, -0.2) is 31.7 Å². The molecule has 0 bridgehead atoms. The molecule has 0 spiro atoms. The first-order valence-electron chi connectivity index (χ1n) is 8.40. The Balaban J connectivity index is 2.28. The van der Waals surface area contributed by atoms with Gasteiger partial charge in [-0.25, -0.2) is 4.79 Å². The van der Waals surface area contributed by atoms with Crippen LogP contribution in [0.4, 0.5) is 10.5 Å². The van der Waals surface area contributed by atoms with Gasteiger partial charge in [0.1, 0.15) is 12.5 Å². The smallest absolute Gasteiger partial charge is 0.319 e. The average molecular weight is 343 g/mol. The van der Waals surface area contributed by atoms with Crippen LogP contribution in [0.25, 0.3) is 0 Å². The molecule has 1 aliphatic rings. The van der Waals surface area contributed by atoms with E-state index >= 15 is 0 Å². The Morgan fingerprint density at radius 1 is 1.28 bits per heavy atom. The van der Waals surface area contributed by atoms with Gasteiger partial charge in [0, 0.05) is 24.5 Å². The highest BCUT2D eigenvalue weighted by Crippen LogP contribution is 2.31. The number of nitrogens with zero attached hydrogens (tertiary/aromatic N) is 1. The van der Waals surface area contributed by atoms with Crippen molar-refractivity contribution in [2.45, 2.75) is 19.9 Å². The number of hydrogen-bond donors (Lipinski definition) is 2. The van der Waals surface area contributed by atoms with Gasteiger partial charge in [-0.1, -0.05) is 31.4 Å². The van der Waals surface area contributed by atoms with Crippen LogP contribution in [-0.2, 0) is 9.53 Å². The molecule has 0 aromatic heterocycles. The van der Waals surface area contributed by atoms with Crippen LogP contribution in [0.3, 0.4) is 0 Å². The second-order valence-corrected chi connectivity index (χ2v) is 5.76. The van der Waals surface area contributed by atoms with Crippen LogP contribution in [0.15, 0.2) is 49.2 Å². The molecule has 2 N–H and O–H groups in total. The quantitative estimate of drug-likeness (QED) is 0.590. The number of carbonyl (C=O) groups is 2. The van der Waals surface area contributed by atoms with E-state index in [9.17, 15) is 9.59 Å². The van der Waals surface area contributed by atoms with Crippen LogP contribution in [0.1, 0.15) is 25.5 Å². The molecule has 1 aliphatic heterocycles. The maximum atomic E-state index is 12.4. The first-order chi connectivity index (χ1) is 12.0. The Morgan fingerprint density at radius 3 is 2.48 bits per heavy atom. The molecule has 1 aromatic carbocycles. The van der Waals surface area contributed by atoms with Gasteiger partial charge in [-0.3, -0.25) is 4.79 Å². The number of benzene rings is 1. The third kappa shape index (κ3) is 4.21. The van der Waals surface area contributed by atoms with Crippen molar-refractivity contribution in [3.8, 4) is 0 Å². The molecule has 1 heterocycles. The summed E-state index contributed by atoms with van der Waals surface area (Å²) in [5.41, 5.74) is 2.25. The van der Waals surface area contributed by atoms with Gasteiger partial charge in [0.2, 0.25) is 0 Å². The number of ether oxygens (including phenoxy) is 1. The van der Waals surface area contributed by atoms with Gasteiger partial charge in [0.15, 0.2) is 0 Å².